The molecule has 3 rings (SSSR count). The fraction of sp³-hybridized carbons (Fsp3) is 0.381. The van der Waals surface area contributed by atoms with E-state index in [0.29, 0.717) is 13.1 Å². The molecule has 0 saturated carbocycles. The van der Waals surface area contributed by atoms with Crippen LogP contribution >= 0.6 is 22.6 Å². The molecule has 0 saturated heterocycles. The maximum atomic E-state index is 12.9. The second kappa shape index (κ2) is 8.46. The van der Waals surface area contributed by atoms with Crippen molar-refractivity contribution in [3.8, 4) is 17.0 Å². The van der Waals surface area contributed by atoms with E-state index in [1.807, 2.05) is 61.4 Å². The summed E-state index contributed by atoms with van der Waals surface area (Å²) < 4.78 is 8.21. The highest BCUT2D eigenvalue weighted by Gasteiger charge is 2.22. The maximum Gasteiger partial charge on any atom is 0.227 e. The number of rotatable bonds is 6. The van der Waals surface area contributed by atoms with Gasteiger partial charge in [-0.05, 0) is 74.6 Å². The summed E-state index contributed by atoms with van der Waals surface area (Å²) in [4.78, 5) is 19.4. The number of carbonyl (C=O) groups excluding carboxylic acids is 1. The molecule has 0 radical (unpaired) electrons. The normalized spacial score (nSPS) is 11.1. The molecule has 0 fully saturated rings. The van der Waals surface area contributed by atoms with Crippen LogP contribution in [-0.4, -0.2) is 45.6 Å². The van der Waals surface area contributed by atoms with Gasteiger partial charge in [0.2, 0.25) is 5.91 Å². The zero-order chi connectivity index (χ0) is 20.4. The van der Waals surface area contributed by atoms with Crippen LogP contribution in [0.1, 0.15) is 30.8 Å². The molecule has 0 atom stereocenters. The molecule has 0 aliphatic carbocycles. The van der Waals surface area contributed by atoms with Crippen molar-refractivity contribution in [3.05, 3.63) is 44.8 Å². The minimum Gasteiger partial charge on any atom is -0.496 e. The third-order valence-corrected chi connectivity index (χ3v) is 5.70. The second-order valence-corrected chi connectivity index (χ2v) is 7.86. The average Bonchev–Trinajstić information content (AvgIpc) is 3.01. The van der Waals surface area contributed by atoms with Gasteiger partial charge in [-0.25, -0.2) is 9.50 Å². The lowest BCUT2D eigenvalue weighted by Gasteiger charge is -2.18. The monoisotopic (exact) mass is 492 g/mol. The molecule has 1 aromatic carbocycles. The predicted octanol–water partition coefficient (Wildman–Crippen LogP) is 4.04. The molecule has 6 nitrogen and oxygen atoms in total. The molecule has 0 bridgehead atoms. The molecular weight excluding hydrogens is 467 g/mol. The summed E-state index contributed by atoms with van der Waals surface area (Å²) in [7, 11) is 1.66. The molecule has 7 heteroatoms. The van der Waals surface area contributed by atoms with Gasteiger partial charge in [-0.2, -0.15) is 5.10 Å². The van der Waals surface area contributed by atoms with E-state index in [1.165, 1.54) is 0 Å². The minimum absolute atomic E-state index is 0.0883. The molecule has 3 aromatic rings. The Hall–Kier alpha value is -2.16. The van der Waals surface area contributed by atoms with E-state index < -0.39 is 0 Å². The summed E-state index contributed by atoms with van der Waals surface area (Å²) in [6.07, 6.45) is 0.277. The van der Waals surface area contributed by atoms with Crippen LogP contribution in [0.25, 0.3) is 16.9 Å². The molecular formula is C21H25IN4O2. The molecule has 0 N–H and O–H groups in total. The van der Waals surface area contributed by atoms with Crippen LogP contribution in [0.2, 0.25) is 0 Å². The highest BCUT2D eigenvalue weighted by Crippen LogP contribution is 2.31. The van der Waals surface area contributed by atoms with Crippen LogP contribution in [0, 0.1) is 17.4 Å². The number of benzene rings is 1. The number of nitrogens with zero attached hydrogens (tertiary/aromatic N) is 4. The predicted molar refractivity (Wildman–Crippen MR) is 119 cm³/mol. The molecule has 0 aliphatic rings. The van der Waals surface area contributed by atoms with Crippen molar-refractivity contribution in [2.75, 3.05) is 20.2 Å². The first-order chi connectivity index (χ1) is 13.4. The summed E-state index contributed by atoms with van der Waals surface area (Å²) in [6.45, 7) is 9.34. The highest BCUT2D eigenvalue weighted by molar-refractivity contribution is 14.1. The Morgan fingerprint density at radius 3 is 2.54 bits per heavy atom. The second-order valence-electron chi connectivity index (χ2n) is 6.69. The van der Waals surface area contributed by atoms with Gasteiger partial charge < -0.3 is 9.64 Å². The zero-order valence-electron chi connectivity index (χ0n) is 16.9. The van der Waals surface area contributed by atoms with Crippen molar-refractivity contribution in [3.63, 3.8) is 0 Å². The van der Waals surface area contributed by atoms with E-state index in [2.05, 4.69) is 22.6 Å². The van der Waals surface area contributed by atoms with E-state index in [-0.39, 0.29) is 12.3 Å². The minimum atomic E-state index is 0.0883. The van der Waals surface area contributed by atoms with Gasteiger partial charge >= 0.3 is 0 Å². The lowest BCUT2D eigenvalue weighted by Crippen LogP contribution is -2.31. The standard InChI is InChI=1S/C21H25IN4O2/c1-6-25(7-2)19(27)12-16-20(15-8-9-18(28-5)17(22)11-15)24-26-14(4)10-13(3)23-21(16)26/h8-11H,6-7,12H2,1-5H3. The van der Waals surface area contributed by atoms with Crippen molar-refractivity contribution in [1.29, 1.82) is 0 Å². The molecule has 2 heterocycles. The van der Waals surface area contributed by atoms with E-state index in [1.54, 1.807) is 7.11 Å². The molecule has 1 amide bonds. The lowest BCUT2D eigenvalue weighted by molar-refractivity contribution is -0.130. The van der Waals surface area contributed by atoms with E-state index in [4.69, 9.17) is 14.8 Å². The SMILES string of the molecule is CCN(CC)C(=O)Cc1c(-c2ccc(OC)c(I)c2)nn2c(C)cc(C)nc12. The molecule has 2 aromatic heterocycles. The van der Waals surface area contributed by atoms with Crippen molar-refractivity contribution in [1.82, 2.24) is 19.5 Å². The molecule has 148 valence electrons. The number of fused-ring (bicyclic) bond motifs is 1. The average molecular weight is 492 g/mol. The van der Waals surface area contributed by atoms with Gasteiger partial charge in [-0.1, -0.05) is 0 Å². The van der Waals surface area contributed by atoms with Crippen LogP contribution in [-0.2, 0) is 11.2 Å². The quantitative estimate of drug-likeness (QED) is 0.488. The Balaban J connectivity index is 2.20. The van der Waals surface area contributed by atoms with E-state index in [0.717, 1.165) is 43.2 Å². The van der Waals surface area contributed by atoms with Crippen molar-refractivity contribution in [2.45, 2.75) is 34.1 Å². The van der Waals surface area contributed by atoms with Gasteiger partial charge in [0.1, 0.15) is 5.75 Å². The van der Waals surface area contributed by atoms with Gasteiger partial charge in [0.15, 0.2) is 5.65 Å². The number of likely N-dealkylation sites (N-methyl/N-ethyl adjacent to an activating group) is 1. The van der Waals surface area contributed by atoms with Crippen LogP contribution in [0.3, 0.4) is 0 Å². The van der Waals surface area contributed by atoms with E-state index >= 15 is 0 Å². The number of hydrogen-bond donors (Lipinski definition) is 0. The van der Waals surface area contributed by atoms with Gasteiger partial charge in [0.05, 0.1) is 22.8 Å². The van der Waals surface area contributed by atoms with Gasteiger partial charge in [0.25, 0.3) is 0 Å². The number of hydrogen-bond acceptors (Lipinski definition) is 4. The Morgan fingerprint density at radius 2 is 1.93 bits per heavy atom. The summed E-state index contributed by atoms with van der Waals surface area (Å²) in [5, 5.41) is 4.82. The highest BCUT2D eigenvalue weighted by atomic mass is 127. The fourth-order valence-electron chi connectivity index (χ4n) is 3.41. The van der Waals surface area contributed by atoms with Crippen molar-refractivity contribution < 1.29 is 9.53 Å². The zero-order valence-corrected chi connectivity index (χ0v) is 19.1. The third kappa shape index (κ3) is 3.85. The number of ether oxygens (including phenoxy) is 1. The van der Waals surface area contributed by atoms with Gasteiger partial charge in [0, 0.05) is 35.6 Å². The summed E-state index contributed by atoms with van der Waals surface area (Å²) in [5.74, 6) is 0.907. The van der Waals surface area contributed by atoms with Gasteiger partial charge in [-0.3, -0.25) is 4.79 Å². The van der Waals surface area contributed by atoms with Crippen molar-refractivity contribution in [2.24, 2.45) is 0 Å². The molecule has 0 spiro atoms. The number of amides is 1. The Bertz CT molecular complexity index is 1020. The first-order valence-electron chi connectivity index (χ1n) is 9.37. The summed E-state index contributed by atoms with van der Waals surface area (Å²) in [5.41, 5.74) is 5.27. The third-order valence-electron chi connectivity index (χ3n) is 4.86. The maximum absolute atomic E-state index is 12.9. The number of aryl methyl sites for hydroxylation is 2. The van der Waals surface area contributed by atoms with Crippen LogP contribution in [0.5, 0.6) is 5.75 Å². The van der Waals surface area contributed by atoms with Crippen LogP contribution in [0.15, 0.2) is 24.3 Å². The van der Waals surface area contributed by atoms with E-state index in [9.17, 15) is 4.79 Å². The number of halogens is 1. The van der Waals surface area contributed by atoms with Crippen LogP contribution < -0.4 is 4.74 Å². The fourth-order valence-corrected chi connectivity index (χ4v) is 4.15. The summed E-state index contributed by atoms with van der Waals surface area (Å²) >= 11 is 2.25. The number of carbonyl (C=O) groups is 1. The molecule has 28 heavy (non-hydrogen) atoms. The summed E-state index contributed by atoms with van der Waals surface area (Å²) in [6, 6.07) is 7.95. The lowest BCUT2D eigenvalue weighted by atomic mass is 10.0. The van der Waals surface area contributed by atoms with Crippen LogP contribution in [0.4, 0.5) is 0 Å². The Labute approximate surface area is 179 Å². The van der Waals surface area contributed by atoms with Gasteiger partial charge in [-0.15, -0.1) is 0 Å². The Kier molecular flexibility index (Phi) is 6.22. The molecule has 0 unspecified atom stereocenters. The Morgan fingerprint density at radius 1 is 1.21 bits per heavy atom. The first kappa shape index (κ1) is 20.6. The largest absolute Gasteiger partial charge is 0.496 e. The number of methoxy groups -OCH3 is 1. The van der Waals surface area contributed by atoms with Crippen molar-refractivity contribution >= 4 is 34.1 Å². The smallest absolute Gasteiger partial charge is 0.227 e. The number of aromatic nitrogens is 3. The molecule has 0 aliphatic heterocycles. The topological polar surface area (TPSA) is 59.7 Å². The first-order valence-corrected chi connectivity index (χ1v) is 10.4.